The van der Waals surface area contributed by atoms with E-state index in [4.69, 9.17) is 4.74 Å². The Labute approximate surface area is 334 Å². The lowest BCUT2D eigenvalue weighted by Gasteiger charge is -2.43. The number of imide groups is 1. The molecule has 8 rings (SSSR count). The van der Waals surface area contributed by atoms with Gasteiger partial charge in [-0.15, -0.1) is 0 Å². The minimum absolute atomic E-state index is 0.208. The van der Waals surface area contributed by atoms with Gasteiger partial charge in [0, 0.05) is 38.1 Å². The van der Waals surface area contributed by atoms with Gasteiger partial charge in [-0.2, -0.15) is 13.2 Å². The van der Waals surface area contributed by atoms with Gasteiger partial charge in [-0.1, -0.05) is 18.2 Å². The number of aromatic nitrogens is 3. The molecular weight excluding hydrogens is 752 g/mol. The van der Waals surface area contributed by atoms with Gasteiger partial charge in [-0.3, -0.25) is 33.7 Å². The fourth-order valence-corrected chi connectivity index (χ4v) is 10.1. The highest BCUT2D eigenvalue weighted by atomic mass is 19.4. The van der Waals surface area contributed by atoms with Gasteiger partial charge in [0.25, 0.3) is 5.91 Å². The van der Waals surface area contributed by atoms with Crippen LogP contribution in [0.4, 0.5) is 18.9 Å². The minimum Gasteiger partial charge on any atom is -0.495 e. The Kier molecular flexibility index (Phi) is 10.5. The molecule has 2 aromatic heterocycles. The number of nitrogens with one attached hydrogen (secondary N) is 2. The van der Waals surface area contributed by atoms with Crippen molar-refractivity contribution < 1.29 is 32.3 Å². The summed E-state index contributed by atoms with van der Waals surface area (Å²) >= 11 is 0. The van der Waals surface area contributed by atoms with Crippen LogP contribution in [0.3, 0.4) is 0 Å². The lowest BCUT2D eigenvalue weighted by molar-refractivity contribution is -0.141. The highest BCUT2D eigenvalue weighted by Gasteiger charge is 2.43. The Bertz CT molecular complexity index is 2320. The topological polar surface area (TPSA) is 131 Å². The van der Waals surface area contributed by atoms with E-state index in [1.54, 1.807) is 16.2 Å². The Balaban J connectivity index is 0.877. The lowest BCUT2D eigenvalue weighted by atomic mass is 9.82. The van der Waals surface area contributed by atoms with Gasteiger partial charge in [-0.05, 0) is 131 Å². The summed E-state index contributed by atoms with van der Waals surface area (Å²) in [7, 11) is 3.28. The number of aryl methyl sites for hydroxylation is 1. The predicted molar refractivity (Wildman–Crippen MR) is 212 cm³/mol. The van der Waals surface area contributed by atoms with Crippen molar-refractivity contribution in [1.82, 2.24) is 29.2 Å². The van der Waals surface area contributed by atoms with Gasteiger partial charge in [0.2, 0.25) is 11.8 Å². The Morgan fingerprint density at radius 3 is 2.40 bits per heavy atom. The van der Waals surface area contributed by atoms with E-state index < -0.39 is 29.7 Å². The largest absolute Gasteiger partial charge is 0.495 e. The average Bonchev–Trinajstić information content (AvgIpc) is 3.61. The number of alkyl halides is 3. The summed E-state index contributed by atoms with van der Waals surface area (Å²) < 4.78 is 48.7. The molecule has 1 saturated carbocycles. The molecule has 0 bridgehead atoms. The zero-order valence-corrected chi connectivity index (χ0v) is 33.3. The minimum atomic E-state index is -4.66. The third kappa shape index (κ3) is 7.31. The second kappa shape index (κ2) is 15.3. The molecular formula is C43H50F3N7O5. The molecule has 4 aromatic rings. The molecule has 0 radical (unpaired) electrons. The van der Waals surface area contributed by atoms with E-state index in [0.717, 1.165) is 91.9 Å². The molecule has 1 aliphatic carbocycles. The molecule has 4 aliphatic rings. The third-order valence-corrected chi connectivity index (χ3v) is 13.1. The molecule has 15 heteroatoms. The highest BCUT2D eigenvalue weighted by molar-refractivity contribution is 6.04. The van der Waals surface area contributed by atoms with Crippen LogP contribution in [-0.2, 0) is 34.9 Å². The second-order valence-electron chi connectivity index (χ2n) is 16.9. The van der Waals surface area contributed by atoms with Crippen molar-refractivity contribution in [2.75, 3.05) is 32.1 Å². The fourth-order valence-electron chi connectivity index (χ4n) is 10.1. The Hall–Kier alpha value is -5.02. The zero-order chi connectivity index (χ0) is 41.1. The van der Waals surface area contributed by atoms with Gasteiger partial charge >= 0.3 is 11.9 Å². The van der Waals surface area contributed by atoms with Crippen LogP contribution in [0.25, 0.3) is 11.0 Å². The number of carbonyl (C=O) groups excluding carboxylic acids is 3. The van der Waals surface area contributed by atoms with Crippen LogP contribution in [0.1, 0.15) is 110 Å². The van der Waals surface area contributed by atoms with Crippen molar-refractivity contribution >= 4 is 34.4 Å². The molecule has 5 heterocycles. The maximum absolute atomic E-state index is 13.5. The first-order valence-electron chi connectivity index (χ1n) is 20.2. The molecule has 2 saturated heterocycles. The standard InChI is InChI=1S/C43H50F3N7O5/c1-42(2)30-22-35(58-4)32(48-39(55)31-8-6-10-36(47-31)43(44,45)46)21-27(30)24-52(42)28-13-11-25(12-14-28)23-51-19-17-26(18-20-51)29-7-5-9-33-38(29)50(3)41(57)53(33)34-15-16-37(54)49-40(34)56/h5-10,21-22,25-26,28,34H,11-20,23-24H2,1-4H3,(H,48,55)(H,49,54,56). The van der Waals surface area contributed by atoms with Crippen LogP contribution >= 0.6 is 0 Å². The lowest BCUT2D eigenvalue weighted by Crippen LogP contribution is -2.46. The van der Waals surface area contributed by atoms with E-state index in [1.165, 1.54) is 19.2 Å². The predicted octanol–water partition coefficient (Wildman–Crippen LogP) is 6.48. The number of ether oxygens (including phenoxy) is 1. The summed E-state index contributed by atoms with van der Waals surface area (Å²) in [6.07, 6.45) is 2.20. The van der Waals surface area contributed by atoms with Crippen LogP contribution < -0.4 is 21.1 Å². The maximum atomic E-state index is 13.5. The number of hydrogen-bond donors (Lipinski definition) is 2. The summed E-state index contributed by atoms with van der Waals surface area (Å²) in [5.41, 5.74) is 3.30. The number of carbonyl (C=O) groups is 3. The van der Waals surface area contributed by atoms with Crippen LogP contribution in [0.5, 0.6) is 5.75 Å². The van der Waals surface area contributed by atoms with Crippen LogP contribution in [-0.4, -0.2) is 74.4 Å². The molecule has 3 amide bonds. The van der Waals surface area contributed by atoms with Crippen molar-refractivity contribution in [3.05, 3.63) is 87.1 Å². The van der Waals surface area contributed by atoms with E-state index >= 15 is 0 Å². The van der Waals surface area contributed by atoms with Crippen LogP contribution in [0.2, 0.25) is 0 Å². The summed E-state index contributed by atoms with van der Waals surface area (Å²) in [4.78, 5) is 59.7. The number of nitrogens with zero attached hydrogens (tertiary/aromatic N) is 5. The average molecular weight is 802 g/mol. The molecule has 12 nitrogen and oxygen atoms in total. The molecule has 1 atom stereocenters. The van der Waals surface area contributed by atoms with Gasteiger partial charge in [0.05, 0.1) is 23.8 Å². The summed E-state index contributed by atoms with van der Waals surface area (Å²) in [6, 6.07) is 12.7. The van der Waals surface area contributed by atoms with Crippen molar-refractivity contribution in [3.63, 3.8) is 0 Å². The number of anilines is 1. The maximum Gasteiger partial charge on any atom is 0.433 e. The van der Waals surface area contributed by atoms with Gasteiger partial charge in [-0.25, -0.2) is 9.78 Å². The van der Waals surface area contributed by atoms with E-state index in [2.05, 4.69) is 45.3 Å². The number of para-hydroxylation sites is 1. The number of benzene rings is 2. The first-order chi connectivity index (χ1) is 27.6. The summed E-state index contributed by atoms with van der Waals surface area (Å²) in [5.74, 6) is -0.147. The van der Waals surface area contributed by atoms with Crippen LogP contribution in [0, 0.1) is 5.92 Å². The van der Waals surface area contributed by atoms with Gasteiger partial charge in [0.15, 0.2) is 0 Å². The second-order valence-corrected chi connectivity index (χ2v) is 16.9. The number of pyridine rings is 1. The molecule has 58 heavy (non-hydrogen) atoms. The van der Waals surface area contributed by atoms with E-state index in [-0.39, 0.29) is 29.3 Å². The van der Waals surface area contributed by atoms with E-state index in [9.17, 15) is 32.3 Å². The molecule has 0 spiro atoms. The third-order valence-electron chi connectivity index (χ3n) is 13.1. The number of methoxy groups -OCH3 is 1. The first kappa shape index (κ1) is 39.8. The first-order valence-corrected chi connectivity index (χ1v) is 20.2. The monoisotopic (exact) mass is 801 g/mol. The molecule has 2 aromatic carbocycles. The molecule has 1 unspecified atom stereocenters. The smallest absolute Gasteiger partial charge is 0.433 e. The number of hydrogen-bond acceptors (Lipinski definition) is 8. The zero-order valence-electron chi connectivity index (χ0n) is 33.3. The quantitative estimate of drug-likeness (QED) is 0.194. The van der Waals surface area contributed by atoms with Gasteiger partial charge < -0.3 is 15.0 Å². The Morgan fingerprint density at radius 2 is 1.71 bits per heavy atom. The number of piperidine rings is 2. The SMILES string of the molecule is COc1cc2c(cc1NC(=O)c1cccc(C(F)(F)F)n1)CN(C1CCC(CN3CCC(c4cccc5c4n(C)c(=O)n5C4CCC(=O)NC4=O)CC3)CC1)C2(C)C. The summed E-state index contributed by atoms with van der Waals surface area (Å²) in [6.45, 7) is 8.11. The van der Waals surface area contributed by atoms with E-state index in [1.807, 2.05) is 24.3 Å². The number of rotatable bonds is 8. The van der Waals surface area contributed by atoms with Crippen molar-refractivity contribution in [2.24, 2.45) is 13.0 Å². The normalized spacial score (nSPS) is 23.2. The molecule has 3 fully saturated rings. The molecule has 2 N–H and O–H groups in total. The van der Waals surface area contributed by atoms with Crippen molar-refractivity contribution in [1.29, 1.82) is 0 Å². The van der Waals surface area contributed by atoms with Crippen LogP contribution in [0.15, 0.2) is 53.3 Å². The summed E-state index contributed by atoms with van der Waals surface area (Å²) in [5, 5.41) is 5.13. The number of imidazole rings is 1. The van der Waals surface area contributed by atoms with E-state index in [0.29, 0.717) is 42.3 Å². The number of halogens is 3. The Morgan fingerprint density at radius 1 is 0.983 bits per heavy atom. The fraction of sp³-hybridized carbons (Fsp3) is 0.512. The molecule has 308 valence electrons. The number of fused-ring (bicyclic) bond motifs is 2. The van der Waals surface area contributed by atoms with Gasteiger partial charge in [0.1, 0.15) is 23.2 Å². The van der Waals surface area contributed by atoms with Crippen molar-refractivity contribution in [2.45, 2.75) is 101 Å². The van der Waals surface area contributed by atoms with Crippen molar-refractivity contribution in [3.8, 4) is 5.75 Å². The molecule has 3 aliphatic heterocycles. The number of amides is 3. The highest BCUT2D eigenvalue weighted by Crippen LogP contribution is 2.47. The number of likely N-dealkylation sites (tertiary alicyclic amines) is 1.